The Morgan fingerprint density at radius 3 is 2.41 bits per heavy atom. The van der Waals surface area contributed by atoms with Gasteiger partial charge in [0.25, 0.3) is 5.91 Å². The van der Waals surface area contributed by atoms with E-state index in [-0.39, 0.29) is 83.7 Å². The molecule has 2 aliphatic rings. The highest BCUT2D eigenvalue weighted by molar-refractivity contribution is 8.76. The van der Waals surface area contributed by atoms with Gasteiger partial charge < -0.3 is 56.9 Å². The number of nitrogens with zero attached hydrogens (tertiary/aromatic N) is 4. The minimum absolute atomic E-state index is 0.0590. The van der Waals surface area contributed by atoms with Crippen LogP contribution in [0, 0.1) is 11.8 Å². The van der Waals surface area contributed by atoms with E-state index in [1.165, 1.54) is 35.2 Å². The van der Waals surface area contributed by atoms with Crippen LogP contribution in [0.4, 0.5) is 11.6 Å². The normalized spacial score (nSPS) is 20.8. The summed E-state index contributed by atoms with van der Waals surface area (Å²) in [4.78, 5) is 91.0. The number of carbonyl (C=O) groups is 6. The summed E-state index contributed by atoms with van der Waals surface area (Å²) >= 11 is 0. The van der Waals surface area contributed by atoms with Crippen LogP contribution in [-0.2, 0) is 40.0 Å². The Balaban J connectivity index is 1.06. The highest BCUT2D eigenvalue weighted by atomic mass is 33.1. The summed E-state index contributed by atoms with van der Waals surface area (Å²) in [7, 11) is 2.40. The van der Waals surface area contributed by atoms with Crippen molar-refractivity contribution in [1.29, 1.82) is 0 Å². The van der Waals surface area contributed by atoms with Gasteiger partial charge in [0.05, 0.1) is 42.8 Å². The summed E-state index contributed by atoms with van der Waals surface area (Å²) < 4.78 is 11.7. The molecule has 3 amide bonds. The number of nitrogens with one attached hydrogen (secondary N) is 4. The fourth-order valence-electron chi connectivity index (χ4n) is 8.10. The van der Waals surface area contributed by atoms with Gasteiger partial charge in [-0.25, -0.2) is 24.4 Å². The third kappa shape index (κ3) is 19.6. The number of rotatable bonds is 27. The number of hydrogen-bond donors (Lipinski definition) is 9. The lowest BCUT2D eigenvalue weighted by molar-refractivity contribution is -0.142. The second-order valence-corrected chi connectivity index (χ2v) is 21.1. The van der Waals surface area contributed by atoms with Gasteiger partial charge in [-0.1, -0.05) is 95.2 Å². The third-order valence-electron chi connectivity index (χ3n) is 12.1. The first-order chi connectivity index (χ1) is 36.3. The first-order valence-electron chi connectivity index (χ1n) is 24.7. The van der Waals surface area contributed by atoms with Crippen molar-refractivity contribution in [2.24, 2.45) is 11.8 Å². The largest absolute Gasteiger partial charge is 0.492 e. The number of ether oxygens (including phenoxy) is 2. The zero-order valence-corrected chi connectivity index (χ0v) is 44.6. The smallest absolute Gasteiger partial charge is 0.331 e. The summed E-state index contributed by atoms with van der Waals surface area (Å²) in [6, 6.07) is 2.76. The average Bonchev–Trinajstić information content (AvgIpc) is 3.37. The Labute approximate surface area is 448 Å². The van der Waals surface area contributed by atoms with E-state index in [4.69, 9.17) is 15.2 Å². The van der Waals surface area contributed by atoms with Gasteiger partial charge >= 0.3 is 17.9 Å². The standard InChI is InChI=1S/C53H67N9O12S2/c1-6-9-42-33(5)41(63)26-43(74-42)38(12-7-10-30(2)24-32(4)25-31(3)14-19-37-11-8-13-46(66)73-37)58-45(65)22-23-75-76-29-40(52(71)72)59-44(64)21-20-39(51(69)70)60-49(67)34-15-17-35(18-16-34)55-27-36-28-56-48-47(57-36)50(68)62-53(54)61-48/h6-10,12-19,25,28,32-33,37-43,55,63H,11,20-24,26-27,29H2,1-5H3,(H,58,65)(H,59,64)(H,60,67)(H,69,70)(H,71,72)(H3,54,56,61,62,68)/b9-6+,12-7+,19-14+,30-10+,31-25-/t32-,33+,37-,38-,39+,40+,41-,42+,43+/m1/s1. The van der Waals surface area contributed by atoms with Crippen LogP contribution in [0.1, 0.15) is 89.2 Å². The molecule has 1 fully saturated rings. The van der Waals surface area contributed by atoms with E-state index < -0.39 is 66.4 Å². The lowest BCUT2D eigenvalue weighted by Gasteiger charge is -2.39. The van der Waals surface area contributed by atoms with Gasteiger partial charge in [0.15, 0.2) is 11.2 Å². The molecule has 2 aliphatic heterocycles. The van der Waals surface area contributed by atoms with Crippen LogP contribution in [-0.4, -0.2) is 130 Å². The van der Waals surface area contributed by atoms with E-state index >= 15 is 0 Å². The first-order valence-corrected chi connectivity index (χ1v) is 27.2. The van der Waals surface area contributed by atoms with Crippen molar-refractivity contribution in [2.45, 2.75) is 122 Å². The monoisotopic (exact) mass is 1090 g/mol. The third-order valence-corrected chi connectivity index (χ3v) is 14.5. The highest BCUT2D eigenvalue weighted by Crippen LogP contribution is 2.29. The van der Waals surface area contributed by atoms with Crippen molar-refractivity contribution in [3.05, 3.63) is 114 Å². The van der Waals surface area contributed by atoms with Gasteiger partial charge in [-0.15, -0.1) is 0 Å². The number of aliphatic hydroxyl groups is 1. The zero-order valence-electron chi connectivity index (χ0n) is 43.0. The molecule has 4 heterocycles. The van der Waals surface area contributed by atoms with E-state index in [9.17, 15) is 49.2 Å². The lowest BCUT2D eigenvalue weighted by Crippen LogP contribution is -2.51. The summed E-state index contributed by atoms with van der Waals surface area (Å²) in [6.07, 6.45) is 19.4. The predicted molar refractivity (Wildman–Crippen MR) is 291 cm³/mol. The maximum atomic E-state index is 13.4. The Morgan fingerprint density at radius 1 is 0.961 bits per heavy atom. The number of hydrogen-bond acceptors (Lipinski definition) is 18. The van der Waals surface area contributed by atoms with Crippen molar-refractivity contribution in [3.8, 4) is 5.88 Å². The molecule has 0 bridgehead atoms. The number of amides is 3. The number of aliphatic carboxylic acids is 2. The zero-order chi connectivity index (χ0) is 55.3. The van der Waals surface area contributed by atoms with Crippen molar-refractivity contribution >= 4 is 80.0 Å². The number of aromatic nitrogens is 4. The predicted octanol–water partition coefficient (Wildman–Crippen LogP) is 5.74. The summed E-state index contributed by atoms with van der Waals surface area (Å²) in [6.45, 7) is 10.1. The number of benzene rings is 1. The summed E-state index contributed by atoms with van der Waals surface area (Å²) in [5, 5.41) is 51.7. The van der Waals surface area contributed by atoms with Gasteiger partial charge in [-0.05, 0) is 69.9 Å². The molecule has 0 radical (unpaired) electrons. The summed E-state index contributed by atoms with van der Waals surface area (Å²) in [5.41, 5.74) is 9.07. The second kappa shape index (κ2) is 29.9. The highest BCUT2D eigenvalue weighted by Gasteiger charge is 2.37. The average molecular weight is 1090 g/mol. The molecule has 2 aromatic heterocycles. The van der Waals surface area contributed by atoms with E-state index in [0.717, 1.165) is 28.4 Å². The van der Waals surface area contributed by atoms with Crippen molar-refractivity contribution in [3.63, 3.8) is 0 Å². The minimum atomic E-state index is -1.46. The topological polar surface area (TPSA) is 328 Å². The first kappa shape index (κ1) is 59.8. The quantitative estimate of drug-likeness (QED) is 0.0144. The van der Waals surface area contributed by atoms with Crippen molar-refractivity contribution < 1.29 is 58.7 Å². The molecular weight excluding hydrogens is 1020 g/mol. The number of anilines is 2. The number of carboxylic acid groups (broad SMARTS) is 2. The maximum absolute atomic E-state index is 13.4. The van der Waals surface area contributed by atoms with Crippen LogP contribution in [0.5, 0.6) is 5.88 Å². The van der Waals surface area contributed by atoms with Gasteiger partial charge in [-0.3, -0.25) is 14.4 Å². The molecule has 76 heavy (non-hydrogen) atoms. The molecule has 5 rings (SSSR count). The van der Waals surface area contributed by atoms with Gasteiger partial charge in [0, 0.05) is 60.4 Å². The lowest BCUT2D eigenvalue weighted by atomic mass is 9.87. The van der Waals surface area contributed by atoms with Gasteiger partial charge in [0.2, 0.25) is 23.6 Å². The van der Waals surface area contributed by atoms with Gasteiger partial charge in [0.1, 0.15) is 18.2 Å². The Bertz CT molecular complexity index is 2720. The fraction of sp³-hybridized carbons (Fsp3) is 0.434. The van der Waals surface area contributed by atoms with Crippen molar-refractivity contribution in [2.75, 3.05) is 22.6 Å². The van der Waals surface area contributed by atoms with Crippen LogP contribution in [0.2, 0.25) is 0 Å². The second-order valence-electron chi connectivity index (χ2n) is 18.5. The molecule has 0 aliphatic carbocycles. The minimum Gasteiger partial charge on any atom is -0.492 e. The molecule has 0 saturated carbocycles. The van der Waals surface area contributed by atoms with E-state index in [1.54, 1.807) is 18.2 Å². The molecule has 0 spiro atoms. The molecular formula is C53H67N9O12S2. The SMILES string of the molecule is C/C=C/[C@@H]1O[C@H]([C@@H](/C=C/C=C(\C)C[C@@H](C)/C=C(C)\C=C\[C@H]2CC=CC(=O)O2)NC(=O)CCSSC[C@H](NC(=O)CC[C@H](NC(=O)c2ccc(NCc3cnc4nc(N)nc(O)c4n3)cc2)C(=O)O)C(=O)O)C[C@@H](O)[C@@H]1C. The molecule has 10 N–H and O–H groups in total. The van der Waals surface area contributed by atoms with E-state index in [0.29, 0.717) is 30.0 Å². The molecule has 21 nitrogen and oxygen atoms in total. The molecule has 1 aromatic carbocycles. The molecule has 3 aromatic rings. The van der Waals surface area contributed by atoms with Gasteiger partial charge in [-0.2, -0.15) is 9.97 Å². The number of carbonyl (C=O) groups excluding carboxylic acids is 4. The molecule has 408 valence electrons. The Kier molecular flexibility index (Phi) is 23.5. The van der Waals surface area contributed by atoms with Crippen LogP contribution in [0.25, 0.3) is 11.2 Å². The number of aliphatic hydroxyl groups excluding tert-OH is 1. The number of nitrogens with two attached hydrogens (primary N) is 1. The van der Waals surface area contributed by atoms with E-state index in [1.807, 2.05) is 70.2 Å². The number of carboxylic acids is 2. The van der Waals surface area contributed by atoms with Crippen LogP contribution < -0.4 is 27.0 Å². The molecule has 23 heteroatoms. The fourth-order valence-corrected chi connectivity index (χ4v) is 10.2. The number of fused-ring (bicyclic) bond motifs is 1. The maximum Gasteiger partial charge on any atom is 0.331 e. The van der Waals surface area contributed by atoms with E-state index in [2.05, 4.69) is 54.2 Å². The summed E-state index contributed by atoms with van der Waals surface area (Å²) in [5.74, 6) is -5.00. The van der Waals surface area contributed by atoms with Crippen LogP contribution >= 0.6 is 21.6 Å². The molecule has 1 saturated heterocycles. The molecule has 9 atom stereocenters. The van der Waals surface area contributed by atoms with Crippen LogP contribution in [0.15, 0.2) is 102 Å². The van der Waals surface area contributed by atoms with Crippen LogP contribution in [0.3, 0.4) is 0 Å². The number of nitrogen functional groups attached to an aromatic ring is 1. The molecule has 0 unspecified atom stereocenters. The Morgan fingerprint density at radius 2 is 1.70 bits per heavy atom. The number of allylic oxidation sites excluding steroid dienone is 7. The number of aromatic hydroxyl groups is 1. The van der Waals surface area contributed by atoms with Crippen molar-refractivity contribution in [1.82, 2.24) is 35.9 Å². The number of esters is 1. The Hall–Kier alpha value is -7.08. The number of cyclic esters (lactones) is 1.